The van der Waals surface area contributed by atoms with E-state index in [0.717, 1.165) is 29.6 Å². The first-order valence-corrected chi connectivity index (χ1v) is 13.2. The number of hydrogen-bond donors (Lipinski definition) is 1. The second kappa shape index (κ2) is 9.55. The number of hydrogen-bond acceptors (Lipinski definition) is 8. The topological polar surface area (TPSA) is 142 Å². The van der Waals surface area contributed by atoms with Crippen molar-refractivity contribution in [2.45, 2.75) is 59.3 Å². The second-order valence-corrected chi connectivity index (χ2v) is 12.6. The minimum Gasteiger partial charge on any atom is -0.450 e. The number of allylic oxidation sites excluding steroid dienone is 4. The van der Waals surface area contributed by atoms with Gasteiger partial charge in [-0.1, -0.05) is 39.3 Å². The Labute approximate surface area is 235 Å². The van der Waals surface area contributed by atoms with Gasteiger partial charge in [0.1, 0.15) is 5.75 Å². The summed E-state index contributed by atoms with van der Waals surface area (Å²) in [5, 5.41) is 26.8. The van der Waals surface area contributed by atoms with Gasteiger partial charge in [0.05, 0.1) is 15.9 Å². The van der Waals surface area contributed by atoms with E-state index in [4.69, 9.17) is 16.3 Å². The normalized spacial score (nSPS) is 20.0. The van der Waals surface area contributed by atoms with Crippen molar-refractivity contribution < 1.29 is 24.2 Å². The maximum Gasteiger partial charge on any atom is 0.318 e. The molecule has 0 saturated heterocycles. The van der Waals surface area contributed by atoms with E-state index in [1.807, 2.05) is 27.7 Å². The van der Waals surface area contributed by atoms with Gasteiger partial charge in [0, 0.05) is 58.0 Å². The number of ether oxygens (including phenoxy) is 1. The Balaban J connectivity index is 1.71. The highest BCUT2D eigenvalue weighted by Crippen LogP contribution is 2.53. The molecule has 0 aromatic heterocycles. The number of halogens is 1. The summed E-state index contributed by atoms with van der Waals surface area (Å²) in [6, 6.07) is 7.79. The van der Waals surface area contributed by atoms with Crippen molar-refractivity contribution in [1.29, 1.82) is 0 Å². The summed E-state index contributed by atoms with van der Waals surface area (Å²) in [4.78, 5) is 48.9. The molecule has 1 N–H and O–H groups in total. The highest BCUT2D eigenvalue weighted by molar-refractivity contribution is 6.30. The third-order valence-corrected chi connectivity index (χ3v) is 7.81. The second-order valence-electron chi connectivity index (χ2n) is 12.2. The zero-order valence-corrected chi connectivity index (χ0v) is 23.3. The number of dihydropyridines is 1. The summed E-state index contributed by atoms with van der Waals surface area (Å²) in [6.07, 6.45) is 1.77. The number of nitro groups is 2. The lowest BCUT2D eigenvalue weighted by Gasteiger charge is -2.44. The molecule has 10 nitrogen and oxygen atoms in total. The van der Waals surface area contributed by atoms with Crippen LogP contribution < -0.4 is 10.1 Å². The van der Waals surface area contributed by atoms with Gasteiger partial charge in [0.15, 0.2) is 11.6 Å². The van der Waals surface area contributed by atoms with Gasteiger partial charge in [-0.2, -0.15) is 0 Å². The quantitative estimate of drug-likeness (QED) is 0.304. The van der Waals surface area contributed by atoms with Crippen LogP contribution in [-0.4, -0.2) is 21.4 Å². The zero-order chi connectivity index (χ0) is 29.1. The Kier molecular flexibility index (Phi) is 6.57. The van der Waals surface area contributed by atoms with Crippen LogP contribution in [0.5, 0.6) is 11.5 Å². The number of carbonyl (C=O) groups excluding carboxylic acids is 2. The molecule has 0 spiro atoms. The fraction of sp³-hybridized carbons (Fsp3) is 0.379. The average Bonchev–Trinajstić information content (AvgIpc) is 2.82. The molecule has 3 aliphatic rings. The summed E-state index contributed by atoms with van der Waals surface area (Å²) in [5.41, 5.74) is 1.25. The van der Waals surface area contributed by atoms with E-state index in [0.29, 0.717) is 34.6 Å². The van der Waals surface area contributed by atoms with Crippen LogP contribution in [0.3, 0.4) is 0 Å². The van der Waals surface area contributed by atoms with Crippen LogP contribution in [0.25, 0.3) is 0 Å². The Morgan fingerprint density at radius 3 is 1.90 bits per heavy atom. The highest BCUT2D eigenvalue weighted by atomic mass is 35.5. The van der Waals surface area contributed by atoms with Gasteiger partial charge < -0.3 is 10.1 Å². The van der Waals surface area contributed by atoms with Crippen molar-refractivity contribution in [2.75, 3.05) is 0 Å². The SMILES string of the molecule is CC1(C)CC(=O)C2=C(C1)NC1=C(C(=O)CC(C)(C)C1)C2c1cc(Cl)ccc1Oc1ccc([N+](=O)[O-])cc1[N+](=O)[O-]. The number of non-ortho nitro benzene ring substituents is 1. The third-order valence-electron chi connectivity index (χ3n) is 7.57. The molecule has 0 unspecified atom stereocenters. The van der Waals surface area contributed by atoms with Gasteiger partial charge in [-0.15, -0.1) is 0 Å². The number of nitrogens with zero attached hydrogens (tertiary/aromatic N) is 2. The molecule has 2 aromatic rings. The first-order chi connectivity index (χ1) is 18.7. The van der Waals surface area contributed by atoms with Crippen LogP contribution in [0.2, 0.25) is 5.02 Å². The van der Waals surface area contributed by atoms with E-state index in [9.17, 15) is 29.8 Å². The van der Waals surface area contributed by atoms with Gasteiger partial charge in [-0.05, 0) is 47.9 Å². The molecule has 0 amide bonds. The number of nitrogens with one attached hydrogen (secondary N) is 1. The number of nitro benzene ring substituents is 2. The fourth-order valence-electron chi connectivity index (χ4n) is 6.00. The number of ketones is 2. The number of rotatable bonds is 5. The Morgan fingerprint density at radius 1 is 0.825 bits per heavy atom. The minimum absolute atomic E-state index is 0.0971. The Bertz CT molecular complexity index is 1520. The van der Waals surface area contributed by atoms with E-state index in [2.05, 4.69) is 5.32 Å². The molecule has 0 bridgehead atoms. The lowest BCUT2D eigenvalue weighted by Crippen LogP contribution is -2.42. The van der Waals surface area contributed by atoms with Crippen molar-refractivity contribution in [3.63, 3.8) is 0 Å². The largest absolute Gasteiger partial charge is 0.450 e. The summed E-state index contributed by atoms with van der Waals surface area (Å²) in [6.45, 7) is 8.08. The molecule has 2 aliphatic carbocycles. The summed E-state index contributed by atoms with van der Waals surface area (Å²) in [7, 11) is 0. The Morgan fingerprint density at radius 2 is 1.38 bits per heavy atom. The van der Waals surface area contributed by atoms with Crippen molar-refractivity contribution in [3.8, 4) is 11.5 Å². The predicted molar refractivity (Wildman–Crippen MR) is 147 cm³/mol. The molecule has 0 saturated carbocycles. The van der Waals surface area contributed by atoms with Crippen molar-refractivity contribution in [1.82, 2.24) is 5.32 Å². The van der Waals surface area contributed by atoms with Crippen LogP contribution >= 0.6 is 11.6 Å². The van der Waals surface area contributed by atoms with Gasteiger partial charge in [-0.3, -0.25) is 29.8 Å². The van der Waals surface area contributed by atoms with E-state index in [1.54, 1.807) is 12.1 Å². The van der Waals surface area contributed by atoms with Crippen LogP contribution in [0, 0.1) is 31.1 Å². The average molecular weight is 566 g/mol. The van der Waals surface area contributed by atoms with Gasteiger partial charge in [-0.25, -0.2) is 0 Å². The van der Waals surface area contributed by atoms with Gasteiger partial charge in [0.2, 0.25) is 5.75 Å². The van der Waals surface area contributed by atoms with Crippen molar-refractivity contribution in [2.24, 2.45) is 10.8 Å². The van der Waals surface area contributed by atoms with Crippen LogP contribution in [0.15, 0.2) is 58.9 Å². The van der Waals surface area contributed by atoms with Crippen LogP contribution in [0.1, 0.15) is 64.9 Å². The molecular weight excluding hydrogens is 538 g/mol. The number of carbonyl (C=O) groups is 2. The van der Waals surface area contributed by atoms with E-state index in [1.165, 1.54) is 6.07 Å². The highest BCUT2D eigenvalue weighted by Gasteiger charge is 2.47. The maximum absolute atomic E-state index is 13.7. The van der Waals surface area contributed by atoms with Gasteiger partial charge in [0.25, 0.3) is 5.69 Å². The third kappa shape index (κ3) is 4.99. The van der Waals surface area contributed by atoms with E-state index in [-0.39, 0.29) is 46.7 Å². The summed E-state index contributed by atoms with van der Waals surface area (Å²) >= 11 is 6.43. The molecule has 208 valence electrons. The van der Waals surface area contributed by atoms with E-state index < -0.39 is 27.1 Å². The monoisotopic (exact) mass is 565 g/mol. The summed E-state index contributed by atoms with van der Waals surface area (Å²) < 4.78 is 6.05. The number of benzene rings is 2. The predicted octanol–water partition coefficient (Wildman–Crippen LogP) is 6.92. The van der Waals surface area contributed by atoms with Crippen molar-refractivity contribution >= 4 is 34.5 Å². The Hall–Kier alpha value is -4.05. The molecule has 0 radical (unpaired) electrons. The zero-order valence-electron chi connectivity index (χ0n) is 22.5. The van der Waals surface area contributed by atoms with Crippen LogP contribution in [-0.2, 0) is 9.59 Å². The maximum atomic E-state index is 13.7. The summed E-state index contributed by atoms with van der Waals surface area (Å²) in [5.74, 6) is -1.05. The van der Waals surface area contributed by atoms with E-state index >= 15 is 0 Å². The molecule has 2 aromatic carbocycles. The lowest BCUT2D eigenvalue weighted by atomic mass is 9.64. The minimum atomic E-state index is -0.788. The fourth-order valence-corrected chi connectivity index (χ4v) is 6.19. The van der Waals surface area contributed by atoms with Gasteiger partial charge >= 0.3 is 5.69 Å². The van der Waals surface area contributed by atoms with Crippen molar-refractivity contribution in [3.05, 3.63) is 89.8 Å². The first-order valence-electron chi connectivity index (χ1n) is 12.9. The van der Waals surface area contributed by atoms with Crippen LogP contribution in [0.4, 0.5) is 11.4 Å². The molecule has 11 heteroatoms. The number of Topliss-reactive ketones (excluding diaryl/α,β-unsaturated/α-hetero) is 2. The molecule has 1 aliphatic heterocycles. The molecule has 5 rings (SSSR count). The molecule has 0 atom stereocenters. The standard InChI is InChI=1S/C29H28ClN3O7/c1-28(2)11-18-26(21(34)13-28)25(27-19(31-18)12-29(3,4)14-22(27)35)17-9-15(30)5-7-23(17)40-24-8-6-16(32(36)37)10-20(24)33(38)39/h5-10,25,31H,11-14H2,1-4H3. The first kappa shape index (κ1) is 27.5. The smallest absolute Gasteiger partial charge is 0.318 e. The molecule has 1 heterocycles. The molecular formula is C29H28ClN3O7. The molecule has 0 fully saturated rings. The molecule has 40 heavy (non-hydrogen) atoms. The lowest BCUT2D eigenvalue weighted by molar-refractivity contribution is -0.394.